The van der Waals surface area contributed by atoms with Crippen molar-refractivity contribution >= 4 is 25.4 Å². The number of amides is 1. The molecule has 1 aliphatic rings. The van der Waals surface area contributed by atoms with E-state index in [1.54, 1.807) is 0 Å². The number of carbonyl (C=O) groups is 1. The second-order valence-corrected chi connectivity index (χ2v) is 6.69. The van der Waals surface area contributed by atoms with Gasteiger partial charge in [-0.25, -0.2) is 4.79 Å². The molecular formula is C12H17N3O8PS+. The Balaban J connectivity index is 2.36. The zero-order chi connectivity index (χ0) is 18.6. The molecule has 0 saturated carbocycles. The van der Waals surface area contributed by atoms with E-state index < -0.39 is 55.5 Å². The van der Waals surface area contributed by atoms with E-state index in [-0.39, 0.29) is 6.61 Å². The maximum absolute atomic E-state index is 12.0. The van der Waals surface area contributed by atoms with Gasteiger partial charge in [0, 0.05) is 19.3 Å². The van der Waals surface area contributed by atoms with E-state index in [0.29, 0.717) is 0 Å². The van der Waals surface area contributed by atoms with Crippen LogP contribution in [0.15, 0.2) is 21.9 Å². The van der Waals surface area contributed by atoms with E-state index in [1.807, 2.05) is 0 Å². The molecule has 138 valence electrons. The molecule has 1 saturated heterocycles. The minimum Gasteiger partial charge on any atom is -0.394 e. The maximum atomic E-state index is 12.0. The van der Waals surface area contributed by atoms with Crippen LogP contribution in [0, 0.1) is 0 Å². The maximum Gasteiger partial charge on any atom is 0.582 e. The summed E-state index contributed by atoms with van der Waals surface area (Å²) in [5, 5.41) is 11.8. The number of aromatic nitrogens is 2. The minimum absolute atomic E-state index is 0.388. The lowest BCUT2D eigenvalue weighted by atomic mass is 10.1. The predicted octanol–water partition coefficient (Wildman–Crippen LogP) is -1.47. The summed E-state index contributed by atoms with van der Waals surface area (Å²) in [5.41, 5.74) is -1.38. The zero-order valence-corrected chi connectivity index (χ0v) is 14.8. The second-order valence-electron chi connectivity index (χ2n) is 5.02. The van der Waals surface area contributed by atoms with Crippen LogP contribution in [0.3, 0.4) is 0 Å². The van der Waals surface area contributed by atoms with Gasteiger partial charge in [0.1, 0.15) is 31.1 Å². The van der Waals surface area contributed by atoms with Crippen LogP contribution in [0.2, 0.25) is 0 Å². The summed E-state index contributed by atoms with van der Waals surface area (Å²) in [7, 11) is -0.961. The molecule has 1 fully saturated rings. The molecule has 1 aliphatic heterocycles. The first-order valence-corrected chi connectivity index (χ1v) is 9.43. The first kappa shape index (κ1) is 19.8. The number of thiol groups is 1. The minimum atomic E-state index is -2.37. The van der Waals surface area contributed by atoms with Gasteiger partial charge in [-0.3, -0.25) is 19.1 Å². The lowest BCUT2D eigenvalue weighted by Gasteiger charge is -2.21. The molecule has 0 bridgehead atoms. The number of likely N-dealkylation sites (N-methyl/N-ethyl adjacent to an activating group) is 1. The van der Waals surface area contributed by atoms with Crippen molar-refractivity contribution in [2.75, 3.05) is 20.3 Å². The Morgan fingerprint density at radius 1 is 1.52 bits per heavy atom. The summed E-state index contributed by atoms with van der Waals surface area (Å²) in [6.07, 6.45) is -3.05. The number of carbonyl (C=O) groups excluding carboxylic acids is 1. The summed E-state index contributed by atoms with van der Waals surface area (Å²) < 4.78 is 28.6. The lowest BCUT2D eigenvalue weighted by molar-refractivity contribution is -0.132. The van der Waals surface area contributed by atoms with Crippen molar-refractivity contribution in [2.24, 2.45) is 0 Å². The number of aliphatic hydroxyl groups is 1. The van der Waals surface area contributed by atoms with Crippen LogP contribution < -0.4 is 16.6 Å². The summed E-state index contributed by atoms with van der Waals surface area (Å²) in [5.74, 6) is -0.450. The van der Waals surface area contributed by atoms with Crippen molar-refractivity contribution in [3.63, 3.8) is 0 Å². The van der Waals surface area contributed by atoms with Gasteiger partial charge >= 0.3 is 12.9 Å². The monoisotopic (exact) mass is 394 g/mol. The smallest absolute Gasteiger partial charge is 0.394 e. The first-order valence-electron chi connectivity index (χ1n) is 7.10. The van der Waals surface area contributed by atoms with Crippen LogP contribution >= 0.6 is 19.5 Å². The molecule has 1 aromatic heterocycles. The fourth-order valence-corrected chi connectivity index (χ4v) is 3.15. The molecule has 3 N–H and O–H groups in total. The highest BCUT2D eigenvalue weighted by atomic mass is 32.7. The van der Waals surface area contributed by atoms with Crippen molar-refractivity contribution in [1.29, 1.82) is 0 Å². The number of rotatable bonds is 7. The topological polar surface area (TPSA) is 149 Å². The third-order valence-corrected chi connectivity index (χ3v) is 4.19. The number of aliphatic hydroxyl groups excluding tert-OH is 1. The van der Waals surface area contributed by atoms with E-state index in [2.05, 4.69) is 22.5 Å². The molecule has 5 atom stereocenters. The number of hydrogen-bond acceptors (Lipinski definition) is 8. The van der Waals surface area contributed by atoms with E-state index in [0.717, 1.165) is 10.6 Å². The van der Waals surface area contributed by atoms with Gasteiger partial charge < -0.3 is 19.9 Å². The predicted molar refractivity (Wildman–Crippen MR) is 87.6 cm³/mol. The van der Waals surface area contributed by atoms with E-state index in [4.69, 9.17) is 14.0 Å². The Morgan fingerprint density at radius 2 is 2.24 bits per heavy atom. The number of aromatic amines is 1. The quantitative estimate of drug-likeness (QED) is 0.324. The Labute approximate surface area is 147 Å². The Morgan fingerprint density at radius 3 is 2.80 bits per heavy atom. The van der Waals surface area contributed by atoms with Crippen LogP contribution in [0.1, 0.15) is 6.23 Å². The summed E-state index contributed by atoms with van der Waals surface area (Å²) in [4.78, 5) is 36.7. The number of nitrogens with one attached hydrogen (secondary N) is 2. The van der Waals surface area contributed by atoms with Crippen LogP contribution in [-0.4, -0.2) is 59.1 Å². The molecule has 11 nitrogen and oxygen atoms in total. The van der Waals surface area contributed by atoms with Crippen LogP contribution in [0.5, 0.6) is 0 Å². The molecule has 13 heteroatoms. The second kappa shape index (κ2) is 8.70. The third kappa shape index (κ3) is 4.75. The summed E-state index contributed by atoms with van der Waals surface area (Å²) in [6, 6.07) is 1.10. The molecule has 2 heterocycles. The lowest BCUT2D eigenvalue weighted by Crippen LogP contribution is -2.41. The number of ether oxygens (including phenoxy) is 2. The zero-order valence-electron chi connectivity index (χ0n) is 13.0. The van der Waals surface area contributed by atoms with Crippen molar-refractivity contribution in [3.05, 3.63) is 33.1 Å². The molecule has 1 aromatic rings. The highest BCUT2D eigenvalue weighted by molar-refractivity contribution is 8.39. The third-order valence-electron chi connectivity index (χ3n) is 3.49. The molecule has 0 spiro atoms. The standard InChI is InChI=1S/C12H16N3O8PS/c1-13-8(18)5-21-10-9(23-24(20)25)6(4-16)22-11(10)15-3-2-7(17)14-12(15)19/h2-3,6,9-11,16H,4-5H2,1H3,(H2-,13,14,17,18,19,20,25)/p+1/t6-,9?,10+,11-/m1/s1. The van der Waals surface area contributed by atoms with Gasteiger partial charge in [0.05, 0.1) is 6.61 Å². The van der Waals surface area contributed by atoms with E-state index >= 15 is 0 Å². The number of nitrogens with zero attached hydrogens (tertiary/aromatic N) is 1. The Bertz CT molecular complexity index is 752. The van der Waals surface area contributed by atoms with Gasteiger partial charge in [-0.15, -0.1) is 4.52 Å². The van der Waals surface area contributed by atoms with E-state index in [9.17, 15) is 24.1 Å². The fourth-order valence-electron chi connectivity index (χ4n) is 2.36. The molecular weight excluding hydrogens is 377 g/mol. The molecule has 0 aliphatic carbocycles. The van der Waals surface area contributed by atoms with Crippen LogP contribution in [0.25, 0.3) is 0 Å². The fraction of sp³-hybridized carbons (Fsp3) is 0.583. The number of hydrogen-bond donors (Lipinski definition) is 4. The molecule has 25 heavy (non-hydrogen) atoms. The number of H-pyrrole nitrogens is 1. The van der Waals surface area contributed by atoms with Crippen molar-refractivity contribution < 1.29 is 28.5 Å². The highest BCUT2D eigenvalue weighted by Gasteiger charge is 2.51. The average Bonchev–Trinajstić information content (AvgIpc) is 2.89. The molecule has 0 radical (unpaired) electrons. The van der Waals surface area contributed by atoms with Crippen molar-refractivity contribution in [2.45, 2.75) is 24.5 Å². The molecule has 2 unspecified atom stereocenters. The summed E-state index contributed by atoms with van der Waals surface area (Å²) >= 11 is 3.67. The van der Waals surface area contributed by atoms with Gasteiger partial charge in [0.25, 0.3) is 5.56 Å². The largest absolute Gasteiger partial charge is 0.582 e. The Kier molecular flexibility index (Phi) is 6.87. The van der Waals surface area contributed by atoms with Gasteiger partial charge in [-0.1, -0.05) is 0 Å². The van der Waals surface area contributed by atoms with Gasteiger partial charge in [-0.05, 0) is 4.57 Å². The molecule has 0 aromatic carbocycles. The Hall–Kier alpha value is -1.56. The van der Waals surface area contributed by atoms with Crippen molar-refractivity contribution in [1.82, 2.24) is 14.9 Å². The summed E-state index contributed by atoms with van der Waals surface area (Å²) in [6.45, 7) is -0.906. The first-order chi connectivity index (χ1) is 11.9. The molecule has 2 rings (SSSR count). The SMILES string of the molecule is CNC(=O)CO[C@H]1C(O[P+](=O)S)[C@@H](CO)O[C@H]1n1ccc(=O)[nH]c1=O. The van der Waals surface area contributed by atoms with E-state index in [1.165, 1.54) is 13.2 Å². The highest BCUT2D eigenvalue weighted by Crippen LogP contribution is 2.39. The van der Waals surface area contributed by atoms with Crippen LogP contribution in [-0.2, 0) is 23.4 Å². The molecule has 1 amide bonds. The van der Waals surface area contributed by atoms with Gasteiger partial charge in [0.15, 0.2) is 12.3 Å². The van der Waals surface area contributed by atoms with Gasteiger partial charge in [0.2, 0.25) is 5.91 Å². The average molecular weight is 394 g/mol. The van der Waals surface area contributed by atoms with Crippen molar-refractivity contribution in [3.8, 4) is 0 Å². The van der Waals surface area contributed by atoms with Gasteiger partial charge in [-0.2, -0.15) is 0 Å². The normalized spacial score (nSPS) is 26.4. The van der Waals surface area contributed by atoms with Crippen LogP contribution in [0.4, 0.5) is 0 Å².